The molecule has 2 nitrogen and oxygen atoms in total. The molecule has 2 aromatic rings. The Hall–Kier alpha value is -0.930. The van der Waals surface area contributed by atoms with Crippen LogP contribution in [0.25, 0.3) is 0 Å². The summed E-state index contributed by atoms with van der Waals surface area (Å²) in [4.78, 5) is 0. The number of rotatable bonds is 4. The topological polar surface area (TPSA) is 29.5 Å². The van der Waals surface area contributed by atoms with Gasteiger partial charge in [0.1, 0.15) is 5.75 Å². The van der Waals surface area contributed by atoms with E-state index in [1.54, 1.807) is 36.4 Å². The highest BCUT2D eigenvalue weighted by atomic mass is 35.5. The summed E-state index contributed by atoms with van der Waals surface area (Å²) in [7, 11) is 1.54. The van der Waals surface area contributed by atoms with Gasteiger partial charge in [-0.1, -0.05) is 46.9 Å². The summed E-state index contributed by atoms with van der Waals surface area (Å²) in [5.74, 6) is 0.551. The van der Waals surface area contributed by atoms with Crippen molar-refractivity contribution >= 4 is 34.8 Å². The second-order valence-corrected chi connectivity index (χ2v) is 5.56. The molecule has 0 saturated carbocycles. The number of methoxy groups -OCH3 is 1. The SMILES string of the molecule is COc1cccc(Cl)c1C(O)Cc1ccc(Cl)cc1Cl. The first kappa shape index (κ1) is 15.5. The monoisotopic (exact) mass is 330 g/mol. The van der Waals surface area contributed by atoms with E-state index < -0.39 is 6.10 Å². The standard InChI is InChI=1S/C15H13Cl3O2/c1-20-14-4-2-3-11(17)15(14)13(19)7-9-5-6-10(16)8-12(9)18/h2-6,8,13,19H,7H2,1H3. The van der Waals surface area contributed by atoms with Crippen LogP contribution in [0.4, 0.5) is 0 Å². The molecule has 2 aromatic carbocycles. The number of ether oxygens (including phenoxy) is 1. The molecular weight excluding hydrogens is 319 g/mol. The molecule has 5 heteroatoms. The molecule has 2 rings (SSSR count). The lowest BCUT2D eigenvalue weighted by atomic mass is 10.0. The highest BCUT2D eigenvalue weighted by molar-refractivity contribution is 6.35. The molecule has 0 aliphatic carbocycles. The van der Waals surface area contributed by atoms with E-state index in [1.165, 1.54) is 7.11 Å². The molecule has 0 amide bonds. The first-order chi connectivity index (χ1) is 9.52. The number of halogens is 3. The molecule has 0 bridgehead atoms. The van der Waals surface area contributed by atoms with Crippen LogP contribution < -0.4 is 4.74 Å². The second-order valence-electron chi connectivity index (χ2n) is 4.31. The smallest absolute Gasteiger partial charge is 0.126 e. The quantitative estimate of drug-likeness (QED) is 0.860. The van der Waals surface area contributed by atoms with Crippen LogP contribution in [0.2, 0.25) is 15.1 Å². The lowest BCUT2D eigenvalue weighted by molar-refractivity contribution is 0.174. The van der Waals surface area contributed by atoms with E-state index in [2.05, 4.69) is 0 Å². The summed E-state index contributed by atoms with van der Waals surface area (Å²) in [6.45, 7) is 0. The lowest BCUT2D eigenvalue weighted by Crippen LogP contribution is -2.05. The Bertz CT molecular complexity index is 614. The normalized spacial score (nSPS) is 12.2. The van der Waals surface area contributed by atoms with Crippen LogP contribution >= 0.6 is 34.8 Å². The second kappa shape index (κ2) is 6.68. The Morgan fingerprint density at radius 3 is 2.50 bits per heavy atom. The van der Waals surface area contributed by atoms with Gasteiger partial charge in [-0.15, -0.1) is 0 Å². The van der Waals surface area contributed by atoms with Crippen molar-refractivity contribution in [2.24, 2.45) is 0 Å². The Balaban J connectivity index is 2.30. The van der Waals surface area contributed by atoms with Crippen LogP contribution in [0.3, 0.4) is 0 Å². The van der Waals surface area contributed by atoms with Gasteiger partial charge in [0.2, 0.25) is 0 Å². The van der Waals surface area contributed by atoms with Gasteiger partial charge in [-0.05, 0) is 29.8 Å². The minimum atomic E-state index is -0.808. The molecule has 1 N–H and O–H groups in total. The number of aliphatic hydroxyl groups excluding tert-OH is 1. The van der Waals surface area contributed by atoms with E-state index >= 15 is 0 Å². The maximum atomic E-state index is 10.4. The van der Waals surface area contributed by atoms with Gasteiger partial charge in [0.25, 0.3) is 0 Å². The summed E-state index contributed by atoms with van der Waals surface area (Å²) in [5, 5.41) is 11.9. The third kappa shape index (κ3) is 3.39. The zero-order valence-electron chi connectivity index (χ0n) is 10.7. The van der Waals surface area contributed by atoms with Crippen LogP contribution in [-0.4, -0.2) is 12.2 Å². The largest absolute Gasteiger partial charge is 0.496 e. The highest BCUT2D eigenvalue weighted by Gasteiger charge is 2.18. The Labute approximate surface area is 132 Å². The van der Waals surface area contributed by atoms with E-state index in [0.29, 0.717) is 32.8 Å². The van der Waals surface area contributed by atoms with Gasteiger partial charge >= 0.3 is 0 Å². The van der Waals surface area contributed by atoms with Crippen LogP contribution in [-0.2, 0) is 6.42 Å². The van der Waals surface area contributed by atoms with Gasteiger partial charge in [0.05, 0.1) is 18.2 Å². The molecule has 0 aliphatic heterocycles. The molecule has 0 saturated heterocycles. The van der Waals surface area contributed by atoms with Crippen molar-refractivity contribution in [3.63, 3.8) is 0 Å². The summed E-state index contributed by atoms with van der Waals surface area (Å²) in [6.07, 6.45) is -0.479. The maximum absolute atomic E-state index is 10.4. The lowest BCUT2D eigenvalue weighted by Gasteiger charge is -2.17. The zero-order chi connectivity index (χ0) is 14.7. The molecule has 20 heavy (non-hydrogen) atoms. The third-order valence-electron chi connectivity index (χ3n) is 2.99. The minimum Gasteiger partial charge on any atom is -0.496 e. The summed E-state index contributed by atoms with van der Waals surface area (Å²) in [6, 6.07) is 10.4. The molecule has 0 aliphatic rings. The third-order valence-corrected chi connectivity index (χ3v) is 3.91. The van der Waals surface area contributed by atoms with Gasteiger partial charge in [0, 0.05) is 22.0 Å². The van der Waals surface area contributed by atoms with E-state index in [0.717, 1.165) is 5.56 Å². The number of hydrogen-bond donors (Lipinski definition) is 1. The molecule has 0 spiro atoms. The van der Waals surface area contributed by atoms with Gasteiger partial charge in [-0.2, -0.15) is 0 Å². The Morgan fingerprint density at radius 2 is 1.85 bits per heavy atom. The van der Waals surface area contributed by atoms with E-state index in [1.807, 2.05) is 0 Å². The van der Waals surface area contributed by atoms with Crippen molar-refractivity contribution in [2.75, 3.05) is 7.11 Å². The fraction of sp³-hybridized carbons (Fsp3) is 0.200. The Morgan fingerprint density at radius 1 is 1.10 bits per heavy atom. The number of aliphatic hydroxyl groups is 1. The van der Waals surface area contributed by atoms with Crippen LogP contribution in [0.1, 0.15) is 17.2 Å². The molecular formula is C15H13Cl3O2. The van der Waals surface area contributed by atoms with Gasteiger partial charge < -0.3 is 9.84 Å². The van der Waals surface area contributed by atoms with Gasteiger partial charge in [-0.3, -0.25) is 0 Å². The maximum Gasteiger partial charge on any atom is 0.126 e. The van der Waals surface area contributed by atoms with Crippen molar-refractivity contribution in [3.8, 4) is 5.75 Å². The highest BCUT2D eigenvalue weighted by Crippen LogP contribution is 2.35. The molecule has 1 unspecified atom stereocenters. The average Bonchev–Trinajstić information content (AvgIpc) is 2.41. The van der Waals surface area contributed by atoms with Crippen molar-refractivity contribution in [1.82, 2.24) is 0 Å². The van der Waals surface area contributed by atoms with Crippen molar-refractivity contribution in [1.29, 1.82) is 0 Å². The number of hydrogen-bond acceptors (Lipinski definition) is 2. The zero-order valence-corrected chi connectivity index (χ0v) is 13.0. The summed E-state index contributed by atoms with van der Waals surface area (Å²) >= 11 is 18.1. The fourth-order valence-electron chi connectivity index (χ4n) is 2.02. The average molecular weight is 332 g/mol. The molecule has 0 fully saturated rings. The first-order valence-electron chi connectivity index (χ1n) is 5.97. The molecule has 106 valence electrons. The van der Waals surface area contributed by atoms with Crippen molar-refractivity contribution < 1.29 is 9.84 Å². The van der Waals surface area contributed by atoms with Crippen molar-refractivity contribution in [3.05, 3.63) is 62.6 Å². The van der Waals surface area contributed by atoms with Crippen molar-refractivity contribution in [2.45, 2.75) is 12.5 Å². The van der Waals surface area contributed by atoms with E-state index in [-0.39, 0.29) is 0 Å². The first-order valence-corrected chi connectivity index (χ1v) is 7.10. The van der Waals surface area contributed by atoms with Crippen LogP contribution in [0.15, 0.2) is 36.4 Å². The summed E-state index contributed by atoms with van der Waals surface area (Å²) < 4.78 is 5.24. The predicted molar refractivity (Wildman–Crippen MR) is 83.1 cm³/mol. The molecule has 0 aromatic heterocycles. The predicted octanol–water partition coefficient (Wildman–Crippen LogP) is 4.93. The summed E-state index contributed by atoms with van der Waals surface area (Å²) in [5.41, 5.74) is 1.35. The molecule has 0 heterocycles. The van der Waals surface area contributed by atoms with Crippen LogP contribution in [0, 0.1) is 0 Å². The van der Waals surface area contributed by atoms with Crippen LogP contribution in [0.5, 0.6) is 5.75 Å². The Kier molecular flexibility index (Phi) is 5.17. The van der Waals surface area contributed by atoms with E-state index in [4.69, 9.17) is 39.5 Å². The molecule has 0 radical (unpaired) electrons. The number of benzene rings is 2. The molecule has 1 atom stereocenters. The van der Waals surface area contributed by atoms with Gasteiger partial charge in [-0.25, -0.2) is 0 Å². The van der Waals surface area contributed by atoms with Gasteiger partial charge in [0.15, 0.2) is 0 Å². The minimum absolute atomic E-state index is 0.329. The van der Waals surface area contributed by atoms with E-state index in [9.17, 15) is 5.11 Å². The fourth-order valence-corrected chi connectivity index (χ4v) is 2.79.